The number of hydrogen-bond acceptors (Lipinski definition) is 5. The highest BCUT2D eigenvalue weighted by atomic mass is 16.5. The fourth-order valence-corrected chi connectivity index (χ4v) is 9.43. The normalized spacial score (nSPS) is 12.8. The molecule has 69 heavy (non-hydrogen) atoms. The van der Waals surface area contributed by atoms with Crippen LogP contribution in [0.3, 0.4) is 0 Å². The molecule has 0 aromatic rings. The molecule has 2 atom stereocenters. The SMILES string of the molecule is CCCCC/C=C\C/C=C\CCCCCCCC(=O)OCCCCCCCCCCCCCC/C=C\CCCCCCCCCCCCC(=O)NC(CO)C(O)CCCCCCCCCCCCC. The van der Waals surface area contributed by atoms with Gasteiger partial charge in [-0.2, -0.15) is 0 Å². The number of allylic oxidation sites excluding steroid dienone is 6. The summed E-state index contributed by atoms with van der Waals surface area (Å²) >= 11 is 0. The first-order chi connectivity index (χ1) is 34.0. The molecule has 0 fully saturated rings. The summed E-state index contributed by atoms with van der Waals surface area (Å²) in [6, 6.07) is -0.542. The summed E-state index contributed by atoms with van der Waals surface area (Å²) in [7, 11) is 0. The first-order valence-corrected chi connectivity index (χ1v) is 30.7. The van der Waals surface area contributed by atoms with Crippen LogP contribution < -0.4 is 5.32 Å². The van der Waals surface area contributed by atoms with E-state index >= 15 is 0 Å². The van der Waals surface area contributed by atoms with Crippen LogP contribution in [0.15, 0.2) is 36.5 Å². The standard InChI is InChI=1S/C63H119NO5/c1-3-5-7-9-11-13-15-16-29-33-37-41-45-49-53-57-63(68)69-58-54-50-46-42-38-34-31-28-26-24-22-20-18-17-19-21-23-25-27-30-32-36-40-44-48-52-56-62(67)64-60(59-65)61(66)55-51-47-43-39-35-14-12-10-8-6-4-2/h11,13,16-17,19,29,60-61,65-66H,3-10,12,14-15,18,20-28,30-59H2,1-2H3,(H,64,67)/b13-11-,19-17-,29-16-. The van der Waals surface area contributed by atoms with E-state index < -0.39 is 12.1 Å². The average molecular weight is 971 g/mol. The molecule has 1 amide bonds. The Hall–Kier alpha value is -1.92. The first kappa shape index (κ1) is 67.1. The number of carbonyl (C=O) groups excluding carboxylic acids is 2. The van der Waals surface area contributed by atoms with Crippen LogP contribution in [0.25, 0.3) is 0 Å². The Kier molecular flexibility index (Phi) is 57.0. The Morgan fingerprint density at radius 2 is 0.725 bits per heavy atom. The van der Waals surface area contributed by atoms with Crippen molar-refractivity contribution in [1.82, 2.24) is 5.32 Å². The summed E-state index contributed by atoms with van der Waals surface area (Å²) in [6.45, 7) is 4.92. The third-order valence-corrected chi connectivity index (χ3v) is 14.2. The third-order valence-electron chi connectivity index (χ3n) is 14.2. The zero-order chi connectivity index (χ0) is 50.0. The Labute approximate surface area is 430 Å². The lowest BCUT2D eigenvalue weighted by atomic mass is 10.0. The minimum atomic E-state index is -0.664. The van der Waals surface area contributed by atoms with E-state index in [1.165, 1.54) is 244 Å². The molecule has 0 saturated carbocycles. The second kappa shape index (κ2) is 58.6. The Morgan fingerprint density at radius 1 is 0.406 bits per heavy atom. The van der Waals surface area contributed by atoms with Crippen molar-refractivity contribution in [3.05, 3.63) is 36.5 Å². The predicted octanol–water partition coefficient (Wildman–Crippen LogP) is 19.2. The summed E-state index contributed by atoms with van der Waals surface area (Å²) in [5.74, 6) is -0.0373. The highest BCUT2D eigenvalue weighted by molar-refractivity contribution is 5.76. The van der Waals surface area contributed by atoms with Crippen LogP contribution in [0.1, 0.15) is 328 Å². The smallest absolute Gasteiger partial charge is 0.305 e. The summed E-state index contributed by atoms with van der Waals surface area (Å²) < 4.78 is 5.48. The van der Waals surface area contributed by atoms with Gasteiger partial charge < -0.3 is 20.3 Å². The van der Waals surface area contributed by atoms with Crippen LogP contribution in [0.2, 0.25) is 0 Å². The van der Waals surface area contributed by atoms with Gasteiger partial charge in [-0.3, -0.25) is 9.59 Å². The van der Waals surface area contributed by atoms with E-state index in [0.717, 1.165) is 51.4 Å². The molecule has 0 aliphatic rings. The highest BCUT2D eigenvalue weighted by Gasteiger charge is 2.20. The summed E-state index contributed by atoms with van der Waals surface area (Å²) in [5.41, 5.74) is 0. The quantitative estimate of drug-likeness (QED) is 0.0321. The first-order valence-electron chi connectivity index (χ1n) is 30.7. The molecule has 6 nitrogen and oxygen atoms in total. The summed E-state index contributed by atoms with van der Waals surface area (Å²) in [4.78, 5) is 24.5. The molecule has 6 heteroatoms. The van der Waals surface area contributed by atoms with Gasteiger partial charge in [0.05, 0.1) is 25.4 Å². The van der Waals surface area contributed by atoms with Crippen LogP contribution >= 0.6 is 0 Å². The molecule has 0 saturated heterocycles. The molecule has 0 radical (unpaired) electrons. The van der Waals surface area contributed by atoms with Gasteiger partial charge in [-0.25, -0.2) is 0 Å². The van der Waals surface area contributed by atoms with Gasteiger partial charge >= 0.3 is 5.97 Å². The zero-order valence-electron chi connectivity index (χ0n) is 46.3. The zero-order valence-corrected chi connectivity index (χ0v) is 46.3. The summed E-state index contributed by atoms with van der Waals surface area (Å²) in [6.07, 6.45) is 73.0. The maximum absolute atomic E-state index is 12.4. The number of aliphatic hydroxyl groups is 2. The largest absolute Gasteiger partial charge is 0.466 e. The second-order valence-corrected chi connectivity index (χ2v) is 21.0. The number of ether oxygens (including phenoxy) is 1. The average Bonchev–Trinajstić information content (AvgIpc) is 3.35. The molecule has 0 bridgehead atoms. The molecule has 0 aromatic carbocycles. The number of amides is 1. The minimum absolute atomic E-state index is 0.000158. The molecule has 0 aliphatic heterocycles. The van der Waals surface area contributed by atoms with Gasteiger partial charge in [-0.05, 0) is 83.5 Å². The number of unbranched alkanes of at least 4 members (excludes halogenated alkanes) is 40. The molecule has 0 aliphatic carbocycles. The predicted molar refractivity (Wildman–Crippen MR) is 301 cm³/mol. The number of carbonyl (C=O) groups is 2. The maximum Gasteiger partial charge on any atom is 0.305 e. The maximum atomic E-state index is 12.4. The van der Waals surface area contributed by atoms with Gasteiger partial charge in [-0.1, -0.05) is 269 Å². The van der Waals surface area contributed by atoms with Gasteiger partial charge in [0.25, 0.3) is 0 Å². The Balaban J connectivity index is 3.38. The van der Waals surface area contributed by atoms with E-state index in [9.17, 15) is 19.8 Å². The van der Waals surface area contributed by atoms with Crippen LogP contribution in [0.5, 0.6) is 0 Å². The van der Waals surface area contributed by atoms with E-state index in [0.29, 0.717) is 25.9 Å². The minimum Gasteiger partial charge on any atom is -0.466 e. The van der Waals surface area contributed by atoms with Gasteiger partial charge in [0.15, 0.2) is 0 Å². The third kappa shape index (κ3) is 55.2. The fourth-order valence-electron chi connectivity index (χ4n) is 9.43. The molecular formula is C63H119NO5. The molecule has 0 heterocycles. The number of esters is 1. The van der Waals surface area contributed by atoms with Crippen molar-refractivity contribution >= 4 is 11.9 Å². The van der Waals surface area contributed by atoms with Gasteiger partial charge in [0.2, 0.25) is 5.91 Å². The van der Waals surface area contributed by atoms with Crippen LogP contribution in [-0.4, -0.2) is 47.4 Å². The van der Waals surface area contributed by atoms with Gasteiger partial charge in [0, 0.05) is 12.8 Å². The second-order valence-electron chi connectivity index (χ2n) is 21.0. The van der Waals surface area contributed by atoms with Crippen molar-refractivity contribution in [2.24, 2.45) is 0 Å². The van der Waals surface area contributed by atoms with Crippen molar-refractivity contribution in [2.75, 3.05) is 13.2 Å². The van der Waals surface area contributed by atoms with Crippen LogP contribution in [0.4, 0.5) is 0 Å². The van der Waals surface area contributed by atoms with Crippen LogP contribution in [-0.2, 0) is 14.3 Å². The molecule has 0 aromatic heterocycles. The molecule has 3 N–H and O–H groups in total. The van der Waals surface area contributed by atoms with Crippen molar-refractivity contribution in [1.29, 1.82) is 0 Å². The van der Waals surface area contributed by atoms with Crippen molar-refractivity contribution < 1.29 is 24.5 Å². The van der Waals surface area contributed by atoms with Crippen molar-refractivity contribution in [3.8, 4) is 0 Å². The lowest BCUT2D eigenvalue weighted by Gasteiger charge is -2.22. The summed E-state index contributed by atoms with van der Waals surface area (Å²) in [5, 5.41) is 23.2. The van der Waals surface area contributed by atoms with E-state index in [1.807, 2.05) is 0 Å². The number of rotatable bonds is 57. The molecule has 0 rings (SSSR count). The lowest BCUT2D eigenvalue weighted by molar-refractivity contribution is -0.143. The number of nitrogens with one attached hydrogen (secondary N) is 1. The highest BCUT2D eigenvalue weighted by Crippen LogP contribution is 2.17. The van der Waals surface area contributed by atoms with Gasteiger partial charge in [-0.15, -0.1) is 0 Å². The van der Waals surface area contributed by atoms with Gasteiger partial charge in [0.1, 0.15) is 0 Å². The molecule has 2 unspecified atom stereocenters. The van der Waals surface area contributed by atoms with E-state index in [2.05, 4.69) is 55.6 Å². The Morgan fingerprint density at radius 3 is 1.14 bits per heavy atom. The monoisotopic (exact) mass is 970 g/mol. The number of hydrogen-bond donors (Lipinski definition) is 3. The molecule has 406 valence electrons. The van der Waals surface area contributed by atoms with Crippen molar-refractivity contribution in [2.45, 2.75) is 341 Å². The number of aliphatic hydroxyl groups excluding tert-OH is 2. The van der Waals surface area contributed by atoms with E-state index in [-0.39, 0.29) is 18.5 Å². The molecule has 0 spiro atoms. The lowest BCUT2D eigenvalue weighted by Crippen LogP contribution is -2.45. The fraction of sp³-hybridized carbons (Fsp3) is 0.873. The van der Waals surface area contributed by atoms with Crippen molar-refractivity contribution in [3.63, 3.8) is 0 Å². The van der Waals surface area contributed by atoms with E-state index in [4.69, 9.17) is 4.74 Å². The Bertz CT molecular complexity index is 1120. The molecular weight excluding hydrogens is 851 g/mol. The van der Waals surface area contributed by atoms with Crippen LogP contribution in [0, 0.1) is 0 Å². The van der Waals surface area contributed by atoms with E-state index in [1.54, 1.807) is 0 Å². The topological polar surface area (TPSA) is 95.9 Å².